The van der Waals surface area contributed by atoms with E-state index < -0.39 is 0 Å². The van der Waals surface area contributed by atoms with E-state index in [-0.39, 0.29) is 16.7 Å². The molecule has 0 aliphatic heterocycles. The number of alkyl halides is 1. The summed E-state index contributed by atoms with van der Waals surface area (Å²) in [6.07, 6.45) is 0. The number of carbonyl (C=O) groups excluding carboxylic acids is 1. The van der Waals surface area contributed by atoms with Gasteiger partial charge in [0.2, 0.25) is 5.91 Å². The van der Waals surface area contributed by atoms with E-state index in [4.69, 9.17) is 16.9 Å². The third-order valence-electron chi connectivity index (χ3n) is 2.20. The number of carbonyl (C=O) groups is 1. The van der Waals surface area contributed by atoms with Crippen LogP contribution >= 0.6 is 27.5 Å². The summed E-state index contributed by atoms with van der Waals surface area (Å²) in [6, 6.07) is 6.77. The minimum Gasteiger partial charge on any atom is -0.324 e. The van der Waals surface area contributed by atoms with Crippen LogP contribution in [-0.4, -0.2) is 10.7 Å². The van der Waals surface area contributed by atoms with E-state index in [2.05, 4.69) is 21.2 Å². The van der Waals surface area contributed by atoms with Crippen molar-refractivity contribution in [3.05, 3.63) is 28.8 Å². The van der Waals surface area contributed by atoms with Gasteiger partial charge in [0.25, 0.3) is 0 Å². The molecule has 1 aromatic carbocycles. The Morgan fingerprint density at radius 1 is 1.53 bits per heavy atom. The summed E-state index contributed by atoms with van der Waals surface area (Å²) in [5.41, 5.74) is 0.835. The highest BCUT2D eigenvalue weighted by Gasteiger charge is 2.19. The van der Waals surface area contributed by atoms with Crippen molar-refractivity contribution in [1.82, 2.24) is 0 Å². The first-order valence-electron chi connectivity index (χ1n) is 5.10. The van der Waals surface area contributed by atoms with Gasteiger partial charge in [0.1, 0.15) is 6.07 Å². The van der Waals surface area contributed by atoms with E-state index in [0.717, 1.165) is 0 Å². The van der Waals surface area contributed by atoms with Crippen LogP contribution in [0.1, 0.15) is 19.4 Å². The number of rotatable bonds is 3. The molecule has 17 heavy (non-hydrogen) atoms. The largest absolute Gasteiger partial charge is 0.324 e. The van der Waals surface area contributed by atoms with Crippen molar-refractivity contribution in [2.75, 3.05) is 5.32 Å². The van der Waals surface area contributed by atoms with Crippen LogP contribution in [0.2, 0.25) is 5.02 Å². The highest BCUT2D eigenvalue weighted by molar-refractivity contribution is 9.10. The second-order valence-corrected chi connectivity index (χ2v) is 5.36. The zero-order valence-electron chi connectivity index (χ0n) is 9.50. The summed E-state index contributed by atoms with van der Waals surface area (Å²) in [5, 5.41) is 12.1. The number of hydrogen-bond donors (Lipinski definition) is 1. The number of hydrogen-bond acceptors (Lipinski definition) is 2. The molecular formula is C12H12BrClN2O. The van der Waals surface area contributed by atoms with Gasteiger partial charge in [0.05, 0.1) is 16.1 Å². The molecule has 0 saturated heterocycles. The lowest BCUT2D eigenvalue weighted by atomic mass is 10.1. The maximum Gasteiger partial charge on any atom is 0.238 e. The molecular weight excluding hydrogens is 304 g/mol. The van der Waals surface area contributed by atoms with Crippen LogP contribution in [0.3, 0.4) is 0 Å². The molecule has 1 atom stereocenters. The molecule has 0 radical (unpaired) electrons. The summed E-state index contributed by atoms with van der Waals surface area (Å²) >= 11 is 9.13. The summed E-state index contributed by atoms with van der Waals surface area (Å²) in [4.78, 5) is 11.5. The Labute approximate surface area is 114 Å². The Bertz CT molecular complexity index is 468. The number of nitriles is 1. The molecule has 0 spiro atoms. The SMILES string of the molecule is CC(C)C(Br)C(=O)Nc1cc(Cl)ccc1C#N. The molecule has 1 aromatic rings. The van der Waals surface area contributed by atoms with Gasteiger partial charge in [-0.3, -0.25) is 4.79 Å². The first-order valence-corrected chi connectivity index (χ1v) is 6.39. The van der Waals surface area contributed by atoms with Crippen LogP contribution in [0.5, 0.6) is 0 Å². The van der Waals surface area contributed by atoms with Gasteiger partial charge in [-0.1, -0.05) is 41.4 Å². The normalized spacial score (nSPS) is 12.0. The number of anilines is 1. The third-order valence-corrected chi connectivity index (χ3v) is 3.90. The molecule has 90 valence electrons. The fraction of sp³-hybridized carbons (Fsp3) is 0.333. The van der Waals surface area contributed by atoms with Gasteiger partial charge in [-0.15, -0.1) is 0 Å². The van der Waals surface area contributed by atoms with Crippen molar-refractivity contribution >= 4 is 39.1 Å². The van der Waals surface area contributed by atoms with E-state index in [0.29, 0.717) is 16.3 Å². The third kappa shape index (κ3) is 3.72. The van der Waals surface area contributed by atoms with Crippen molar-refractivity contribution < 1.29 is 4.79 Å². The van der Waals surface area contributed by atoms with Crippen LogP contribution in [-0.2, 0) is 4.79 Å². The van der Waals surface area contributed by atoms with Gasteiger partial charge in [-0.25, -0.2) is 0 Å². The summed E-state index contributed by atoms with van der Waals surface area (Å²) in [5.74, 6) is -0.0153. The van der Waals surface area contributed by atoms with Gasteiger partial charge in [0, 0.05) is 5.02 Å². The summed E-state index contributed by atoms with van der Waals surface area (Å²) < 4.78 is 0. The van der Waals surface area contributed by atoms with Gasteiger partial charge in [-0.05, 0) is 24.1 Å². The summed E-state index contributed by atoms with van der Waals surface area (Å²) in [6.45, 7) is 3.87. The molecule has 1 amide bonds. The average molecular weight is 316 g/mol. The number of nitrogens with one attached hydrogen (secondary N) is 1. The molecule has 5 heteroatoms. The zero-order chi connectivity index (χ0) is 13.0. The van der Waals surface area contributed by atoms with E-state index in [1.807, 2.05) is 19.9 Å². The Kier molecular flexibility index (Phi) is 4.98. The van der Waals surface area contributed by atoms with Crippen LogP contribution < -0.4 is 5.32 Å². The molecule has 3 nitrogen and oxygen atoms in total. The van der Waals surface area contributed by atoms with Crippen LogP contribution in [0.4, 0.5) is 5.69 Å². The average Bonchev–Trinajstić information content (AvgIpc) is 2.28. The van der Waals surface area contributed by atoms with Gasteiger partial charge in [-0.2, -0.15) is 5.26 Å². The molecule has 0 aromatic heterocycles. The predicted octanol–water partition coefficient (Wildman–Crippen LogP) is 3.57. The Morgan fingerprint density at radius 3 is 2.71 bits per heavy atom. The van der Waals surface area contributed by atoms with E-state index >= 15 is 0 Å². The quantitative estimate of drug-likeness (QED) is 0.867. The number of benzene rings is 1. The van der Waals surface area contributed by atoms with Crippen LogP contribution in [0, 0.1) is 17.2 Å². The smallest absolute Gasteiger partial charge is 0.238 e. The molecule has 0 aliphatic rings. The Morgan fingerprint density at radius 2 is 2.18 bits per heavy atom. The molecule has 1 N–H and O–H groups in total. The molecule has 0 fully saturated rings. The number of nitrogens with zero attached hydrogens (tertiary/aromatic N) is 1. The second-order valence-electron chi connectivity index (χ2n) is 3.94. The minimum atomic E-state index is -0.298. The van der Waals surface area contributed by atoms with Crippen LogP contribution in [0.25, 0.3) is 0 Å². The lowest BCUT2D eigenvalue weighted by Gasteiger charge is -2.14. The molecule has 0 aliphatic carbocycles. The van der Waals surface area contributed by atoms with Gasteiger partial charge < -0.3 is 5.32 Å². The van der Waals surface area contributed by atoms with Crippen molar-refractivity contribution in [1.29, 1.82) is 5.26 Å². The summed E-state index contributed by atoms with van der Waals surface area (Å²) in [7, 11) is 0. The molecule has 0 bridgehead atoms. The predicted molar refractivity (Wildman–Crippen MR) is 72.3 cm³/mol. The van der Waals surface area contributed by atoms with Crippen molar-refractivity contribution in [2.45, 2.75) is 18.7 Å². The Hall–Kier alpha value is -1.05. The van der Waals surface area contributed by atoms with Crippen LogP contribution in [0.15, 0.2) is 18.2 Å². The highest BCUT2D eigenvalue weighted by atomic mass is 79.9. The molecule has 0 saturated carbocycles. The lowest BCUT2D eigenvalue weighted by Crippen LogP contribution is -2.27. The van der Waals surface area contributed by atoms with E-state index in [9.17, 15) is 4.79 Å². The zero-order valence-corrected chi connectivity index (χ0v) is 11.8. The first kappa shape index (κ1) is 14.0. The molecule has 0 heterocycles. The van der Waals surface area contributed by atoms with Crippen molar-refractivity contribution in [3.63, 3.8) is 0 Å². The fourth-order valence-corrected chi connectivity index (χ4v) is 1.51. The maximum absolute atomic E-state index is 11.8. The topological polar surface area (TPSA) is 52.9 Å². The second kappa shape index (κ2) is 6.04. The lowest BCUT2D eigenvalue weighted by molar-refractivity contribution is -0.116. The monoisotopic (exact) mass is 314 g/mol. The van der Waals surface area contributed by atoms with Crippen molar-refractivity contribution in [2.24, 2.45) is 5.92 Å². The van der Waals surface area contributed by atoms with Crippen molar-refractivity contribution in [3.8, 4) is 6.07 Å². The number of halogens is 2. The standard InChI is InChI=1S/C12H12BrClN2O/c1-7(2)11(13)12(17)16-10-5-9(14)4-3-8(10)6-15/h3-5,7,11H,1-2H3,(H,16,17). The Balaban J connectivity index is 2.92. The van der Waals surface area contributed by atoms with E-state index in [1.165, 1.54) is 0 Å². The molecule has 1 unspecified atom stereocenters. The fourth-order valence-electron chi connectivity index (χ4n) is 1.22. The first-order chi connectivity index (χ1) is 7.95. The maximum atomic E-state index is 11.8. The highest BCUT2D eigenvalue weighted by Crippen LogP contribution is 2.22. The minimum absolute atomic E-state index is 0.166. The number of amides is 1. The van der Waals surface area contributed by atoms with E-state index in [1.54, 1.807) is 18.2 Å². The van der Waals surface area contributed by atoms with Gasteiger partial charge >= 0.3 is 0 Å². The van der Waals surface area contributed by atoms with Gasteiger partial charge in [0.15, 0.2) is 0 Å². The molecule has 1 rings (SSSR count).